The summed E-state index contributed by atoms with van der Waals surface area (Å²) in [5, 5.41) is 2.83. The minimum Gasteiger partial charge on any atom is -0.454 e. The number of piperazine rings is 1. The lowest BCUT2D eigenvalue weighted by atomic mass is 10.1. The molecule has 1 fully saturated rings. The number of hydrogen-bond donors (Lipinski definition) is 1. The molecule has 7 nitrogen and oxygen atoms in total. The molecular weight excluding hydrogens is 401 g/mol. The molecule has 0 atom stereocenters. The molecule has 1 saturated heterocycles. The largest absolute Gasteiger partial charge is 0.454 e. The predicted molar refractivity (Wildman–Crippen MR) is 102 cm³/mol. The maximum atomic E-state index is 13.1. The maximum Gasteiger partial charge on any atom is 0.433 e. The topological polar surface area (TPSA) is 66.9 Å². The van der Waals surface area contributed by atoms with E-state index in [4.69, 9.17) is 9.47 Å². The Morgan fingerprint density at radius 3 is 2.57 bits per heavy atom. The average molecular weight is 422 g/mol. The van der Waals surface area contributed by atoms with Crippen LogP contribution in [0.3, 0.4) is 0 Å². The minimum absolute atomic E-state index is 0.158. The molecular formula is C20H21F3N4O3. The first-order chi connectivity index (χ1) is 14.4. The van der Waals surface area contributed by atoms with Gasteiger partial charge < -0.3 is 14.8 Å². The zero-order chi connectivity index (χ0) is 21.1. The highest BCUT2D eigenvalue weighted by Crippen LogP contribution is 2.34. The number of benzene rings is 1. The first kappa shape index (κ1) is 20.4. The molecule has 1 amide bonds. The number of halogens is 3. The molecule has 2 aliphatic heterocycles. The lowest BCUT2D eigenvalue weighted by molar-refractivity contribution is -0.142. The summed E-state index contributed by atoms with van der Waals surface area (Å²) in [6.07, 6.45) is -3.31. The third kappa shape index (κ3) is 4.82. The number of hydrogen-bond acceptors (Lipinski definition) is 6. The standard InChI is InChI=1S/C20H21F3N4O3/c21-20(22,23)19-14(2-1-5-24-19)11-26-6-8-27(9-7-26)12-18(28)25-15-3-4-16-17(10-15)30-13-29-16/h1-5,10H,6-9,11-13H2,(H,25,28). The van der Waals surface area contributed by atoms with E-state index in [9.17, 15) is 18.0 Å². The van der Waals surface area contributed by atoms with Gasteiger partial charge >= 0.3 is 6.18 Å². The van der Waals surface area contributed by atoms with Crippen molar-refractivity contribution in [2.24, 2.45) is 0 Å². The number of carbonyl (C=O) groups is 1. The summed E-state index contributed by atoms with van der Waals surface area (Å²) in [5.74, 6) is 1.08. The summed E-state index contributed by atoms with van der Waals surface area (Å²) < 4.78 is 49.9. The van der Waals surface area contributed by atoms with E-state index in [1.54, 1.807) is 18.2 Å². The first-order valence-corrected chi connectivity index (χ1v) is 9.54. The van der Waals surface area contributed by atoms with Gasteiger partial charge in [-0.1, -0.05) is 6.07 Å². The zero-order valence-corrected chi connectivity index (χ0v) is 16.1. The van der Waals surface area contributed by atoms with Gasteiger partial charge in [0.05, 0.1) is 6.54 Å². The van der Waals surface area contributed by atoms with Gasteiger partial charge in [-0.15, -0.1) is 0 Å². The number of ether oxygens (including phenoxy) is 2. The Hall–Kier alpha value is -2.85. The Bertz CT molecular complexity index is 914. The number of amides is 1. The smallest absolute Gasteiger partial charge is 0.433 e. The van der Waals surface area contributed by atoms with Crippen LogP contribution in [0.25, 0.3) is 0 Å². The van der Waals surface area contributed by atoms with Gasteiger partial charge in [-0.05, 0) is 23.8 Å². The van der Waals surface area contributed by atoms with E-state index in [-0.39, 0.29) is 31.4 Å². The molecule has 0 bridgehead atoms. The molecule has 0 radical (unpaired) electrons. The van der Waals surface area contributed by atoms with Gasteiger partial charge in [-0.25, -0.2) is 0 Å². The van der Waals surface area contributed by atoms with Crippen LogP contribution in [0, 0.1) is 0 Å². The van der Waals surface area contributed by atoms with Crippen LogP contribution in [0.4, 0.5) is 18.9 Å². The molecule has 0 aliphatic carbocycles. The normalized spacial score (nSPS) is 17.2. The van der Waals surface area contributed by atoms with Crippen molar-refractivity contribution in [3.63, 3.8) is 0 Å². The lowest BCUT2D eigenvalue weighted by Gasteiger charge is -2.34. The Balaban J connectivity index is 1.26. The molecule has 0 saturated carbocycles. The van der Waals surface area contributed by atoms with Crippen molar-refractivity contribution in [1.82, 2.24) is 14.8 Å². The molecule has 30 heavy (non-hydrogen) atoms. The number of anilines is 1. The number of rotatable bonds is 5. The molecule has 160 valence electrons. The summed E-state index contributed by atoms with van der Waals surface area (Å²) in [5.41, 5.74) is -0.0475. The van der Waals surface area contributed by atoms with Gasteiger partial charge in [0.2, 0.25) is 12.7 Å². The summed E-state index contributed by atoms with van der Waals surface area (Å²) in [6.45, 7) is 2.89. The van der Waals surface area contributed by atoms with Crippen LogP contribution in [0.1, 0.15) is 11.3 Å². The number of alkyl halides is 3. The summed E-state index contributed by atoms with van der Waals surface area (Å²) in [6, 6.07) is 8.17. The minimum atomic E-state index is -4.47. The summed E-state index contributed by atoms with van der Waals surface area (Å²) >= 11 is 0. The Labute approximate surface area is 171 Å². The van der Waals surface area contributed by atoms with Gasteiger partial charge in [0.1, 0.15) is 5.69 Å². The van der Waals surface area contributed by atoms with Crippen molar-refractivity contribution in [3.05, 3.63) is 47.8 Å². The molecule has 1 aromatic heterocycles. The van der Waals surface area contributed by atoms with E-state index in [0.29, 0.717) is 43.4 Å². The molecule has 2 aliphatic rings. The number of pyridine rings is 1. The molecule has 0 unspecified atom stereocenters. The van der Waals surface area contributed by atoms with E-state index in [1.165, 1.54) is 12.1 Å². The Morgan fingerprint density at radius 2 is 1.80 bits per heavy atom. The van der Waals surface area contributed by atoms with Crippen LogP contribution < -0.4 is 14.8 Å². The second-order valence-corrected chi connectivity index (χ2v) is 7.18. The maximum absolute atomic E-state index is 13.1. The quantitative estimate of drug-likeness (QED) is 0.799. The van der Waals surface area contributed by atoms with Crippen molar-refractivity contribution < 1.29 is 27.4 Å². The highest BCUT2D eigenvalue weighted by Gasteiger charge is 2.35. The van der Waals surface area contributed by atoms with Crippen LogP contribution in [0.15, 0.2) is 36.5 Å². The number of aromatic nitrogens is 1. The van der Waals surface area contributed by atoms with Crippen molar-refractivity contribution in [1.29, 1.82) is 0 Å². The molecule has 0 spiro atoms. The second-order valence-electron chi connectivity index (χ2n) is 7.18. The van der Waals surface area contributed by atoms with Gasteiger partial charge in [-0.3, -0.25) is 19.6 Å². The van der Waals surface area contributed by atoms with Gasteiger partial charge in [0.25, 0.3) is 0 Å². The highest BCUT2D eigenvalue weighted by atomic mass is 19.4. The molecule has 4 rings (SSSR count). The van der Waals surface area contributed by atoms with Crippen molar-refractivity contribution in [2.45, 2.75) is 12.7 Å². The average Bonchev–Trinajstić information content (AvgIpc) is 3.17. The van der Waals surface area contributed by atoms with E-state index < -0.39 is 11.9 Å². The van der Waals surface area contributed by atoms with E-state index in [0.717, 1.165) is 6.20 Å². The van der Waals surface area contributed by atoms with Crippen LogP contribution in [-0.4, -0.2) is 60.2 Å². The fraction of sp³-hybridized carbons (Fsp3) is 0.400. The third-order valence-corrected chi connectivity index (χ3v) is 5.04. The molecule has 1 N–H and O–H groups in total. The molecule has 2 aromatic rings. The number of nitrogens with one attached hydrogen (secondary N) is 1. The lowest BCUT2D eigenvalue weighted by Crippen LogP contribution is -2.48. The summed E-state index contributed by atoms with van der Waals surface area (Å²) in [4.78, 5) is 19.8. The van der Waals surface area contributed by atoms with Crippen LogP contribution in [0.2, 0.25) is 0 Å². The zero-order valence-electron chi connectivity index (χ0n) is 16.1. The predicted octanol–water partition coefficient (Wildman–Crippen LogP) is 2.59. The first-order valence-electron chi connectivity index (χ1n) is 9.54. The highest BCUT2D eigenvalue weighted by molar-refractivity contribution is 5.92. The van der Waals surface area contributed by atoms with Crippen molar-refractivity contribution in [2.75, 3.05) is 44.8 Å². The number of nitrogens with zero attached hydrogens (tertiary/aromatic N) is 3. The molecule has 10 heteroatoms. The monoisotopic (exact) mass is 422 g/mol. The third-order valence-electron chi connectivity index (χ3n) is 5.04. The van der Waals surface area contributed by atoms with Crippen LogP contribution in [-0.2, 0) is 17.5 Å². The van der Waals surface area contributed by atoms with Crippen molar-refractivity contribution in [3.8, 4) is 11.5 Å². The van der Waals surface area contributed by atoms with E-state index in [1.807, 2.05) is 9.80 Å². The van der Waals surface area contributed by atoms with Gasteiger partial charge in [0.15, 0.2) is 11.5 Å². The van der Waals surface area contributed by atoms with Crippen LogP contribution >= 0.6 is 0 Å². The Kier molecular flexibility index (Phi) is 5.78. The van der Waals surface area contributed by atoms with E-state index >= 15 is 0 Å². The Morgan fingerprint density at radius 1 is 1.07 bits per heavy atom. The van der Waals surface area contributed by atoms with E-state index in [2.05, 4.69) is 10.3 Å². The second kappa shape index (κ2) is 8.49. The molecule has 3 heterocycles. The van der Waals surface area contributed by atoms with Crippen molar-refractivity contribution >= 4 is 11.6 Å². The van der Waals surface area contributed by atoms with Crippen LogP contribution in [0.5, 0.6) is 11.5 Å². The number of fused-ring (bicyclic) bond motifs is 1. The SMILES string of the molecule is O=C(CN1CCN(Cc2cccnc2C(F)(F)F)CC1)Nc1ccc2c(c1)OCO2. The van der Waals surface area contributed by atoms with Gasteiger partial charge in [0, 0.05) is 50.7 Å². The fourth-order valence-corrected chi connectivity index (χ4v) is 3.55. The fourth-order valence-electron chi connectivity index (χ4n) is 3.55. The van der Waals surface area contributed by atoms with Gasteiger partial charge in [-0.2, -0.15) is 13.2 Å². The summed E-state index contributed by atoms with van der Waals surface area (Å²) in [7, 11) is 0. The number of carbonyl (C=O) groups excluding carboxylic acids is 1. The molecule has 1 aromatic carbocycles.